The van der Waals surface area contributed by atoms with E-state index in [0.717, 1.165) is 5.09 Å². The molecule has 0 heterocycles. The predicted octanol–water partition coefficient (Wildman–Crippen LogP) is 2.99. The first-order valence-corrected chi connectivity index (χ1v) is 7.45. The highest BCUT2D eigenvalue weighted by atomic mass is 32.2. The largest absolute Gasteiger partial charge is 0.543 e. The minimum Gasteiger partial charge on any atom is -0.543 e. The molecule has 0 amide bonds. The Morgan fingerprint density at radius 1 is 1.36 bits per heavy atom. The molecule has 0 N–H and O–H groups in total. The van der Waals surface area contributed by atoms with Crippen molar-refractivity contribution in [3.63, 3.8) is 0 Å². The van der Waals surface area contributed by atoms with Crippen molar-refractivity contribution in [1.29, 1.82) is 0 Å². The molecule has 0 saturated carbocycles. The van der Waals surface area contributed by atoms with E-state index in [-0.39, 0.29) is 4.75 Å². The molecule has 0 aromatic rings. The van der Waals surface area contributed by atoms with Crippen molar-refractivity contribution in [3.05, 3.63) is 11.7 Å². The van der Waals surface area contributed by atoms with Gasteiger partial charge >= 0.3 is 0 Å². The van der Waals surface area contributed by atoms with Crippen LogP contribution in [-0.4, -0.2) is 13.8 Å². The lowest BCUT2D eigenvalue weighted by molar-refractivity contribution is 0.485. The summed E-state index contributed by atoms with van der Waals surface area (Å²) >= 11 is 1.70. The van der Waals surface area contributed by atoms with Gasteiger partial charge in [-0.15, -0.1) is 0 Å². The van der Waals surface area contributed by atoms with Crippen molar-refractivity contribution >= 4 is 20.8 Å². The van der Waals surface area contributed by atoms with Gasteiger partial charge in [0.1, 0.15) is 5.09 Å². The van der Waals surface area contributed by atoms with Gasteiger partial charge in [0, 0.05) is 4.75 Å². The second kappa shape index (κ2) is 4.21. The molecule has 0 bridgehead atoms. The van der Waals surface area contributed by atoms with Gasteiger partial charge in [0.05, 0.1) is 0 Å². The van der Waals surface area contributed by atoms with E-state index in [1.165, 1.54) is 0 Å². The topological polar surface area (TPSA) is 9.23 Å². The van der Waals surface area contributed by atoms with Crippen LogP contribution in [0.4, 0.5) is 0 Å². The first-order valence-electron chi connectivity index (χ1n) is 3.86. The Balaban J connectivity index is 3.71. The molecule has 0 rings (SSSR count). The van der Waals surface area contributed by atoms with E-state index in [1.807, 2.05) is 0 Å². The van der Waals surface area contributed by atoms with Gasteiger partial charge in [-0.25, -0.2) is 0 Å². The molecule has 0 aliphatic rings. The molecular weight excluding hydrogens is 172 g/mol. The molecule has 0 unspecified atom stereocenters. The lowest BCUT2D eigenvalue weighted by Gasteiger charge is -2.20. The van der Waals surface area contributed by atoms with Gasteiger partial charge < -0.3 is 4.43 Å². The molecule has 11 heavy (non-hydrogen) atoms. The minimum atomic E-state index is -0.938. The Labute approximate surface area is 75.9 Å². The van der Waals surface area contributed by atoms with Crippen LogP contribution in [0.15, 0.2) is 11.7 Å². The monoisotopic (exact) mass is 190 g/mol. The van der Waals surface area contributed by atoms with Crippen LogP contribution in [0.5, 0.6) is 0 Å². The van der Waals surface area contributed by atoms with Crippen LogP contribution in [0.1, 0.15) is 20.8 Å². The van der Waals surface area contributed by atoms with Crippen molar-refractivity contribution < 1.29 is 4.43 Å². The highest BCUT2D eigenvalue weighted by Gasteiger charge is 2.14. The molecule has 0 fully saturated rings. The summed E-state index contributed by atoms with van der Waals surface area (Å²) in [4.78, 5) is 0. The zero-order valence-electron chi connectivity index (χ0n) is 8.10. The zero-order valence-corrected chi connectivity index (χ0v) is 10.1. The molecule has 66 valence electrons. The molecular formula is C8H18OSSi. The van der Waals surface area contributed by atoms with Crippen molar-refractivity contribution in [1.82, 2.24) is 0 Å². The Morgan fingerprint density at radius 3 is 2.09 bits per heavy atom. The molecule has 3 heteroatoms. The Bertz CT molecular complexity index is 138. The van der Waals surface area contributed by atoms with Gasteiger partial charge in [-0.3, -0.25) is 0 Å². The van der Waals surface area contributed by atoms with Crippen LogP contribution < -0.4 is 0 Å². The Morgan fingerprint density at radius 2 is 1.82 bits per heavy atom. The van der Waals surface area contributed by atoms with Crippen molar-refractivity contribution in [2.45, 2.75) is 38.6 Å². The summed E-state index contributed by atoms with van der Waals surface area (Å²) in [5, 5.41) is 0.874. The van der Waals surface area contributed by atoms with Crippen LogP contribution in [0.3, 0.4) is 0 Å². The standard InChI is InChI=1S/C8H18OSSi/c1-7(9-11(5)6)10-8(2,3)4/h11H,1H2,2-6H3. The van der Waals surface area contributed by atoms with Gasteiger partial charge in [-0.2, -0.15) is 0 Å². The van der Waals surface area contributed by atoms with Crippen molar-refractivity contribution in [3.8, 4) is 0 Å². The molecule has 0 aliphatic heterocycles. The first kappa shape index (κ1) is 11.1. The predicted molar refractivity (Wildman–Crippen MR) is 56.4 cm³/mol. The lowest BCUT2D eigenvalue weighted by Crippen LogP contribution is -2.11. The number of hydrogen-bond donors (Lipinski definition) is 0. The van der Waals surface area contributed by atoms with Crippen molar-refractivity contribution in [2.24, 2.45) is 0 Å². The van der Waals surface area contributed by atoms with Gasteiger partial charge in [0.15, 0.2) is 0 Å². The summed E-state index contributed by atoms with van der Waals surface area (Å²) in [6, 6.07) is 0. The summed E-state index contributed by atoms with van der Waals surface area (Å²) < 4.78 is 5.76. The second-order valence-corrected chi connectivity index (χ2v) is 7.97. The molecule has 0 spiro atoms. The lowest BCUT2D eigenvalue weighted by atomic mass is 10.3. The van der Waals surface area contributed by atoms with Crippen LogP contribution >= 0.6 is 11.8 Å². The second-order valence-electron chi connectivity index (χ2n) is 3.75. The third kappa shape index (κ3) is 8.01. The maximum atomic E-state index is 5.53. The van der Waals surface area contributed by atoms with Gasteiger partial charge in [0.2, 0.25) is 9.04 Å². The molecule has 1 nitrogen and oxygen atoms in total. The van der Waals surface area contributed by atoms with E-state index >= 15 is 0 Å². The van der Waals surface area contributed by atoms with Crippen LogP contribution in [0.25, 0.3) is 0 Å². The maximum Gasteiger partial charge on any atom is 0.230 e. The normalized spacial score (nSPS) is 11.8. The van der Waals surface area contributed by atoms with E-state index < -0.39 is 9.04 Å². The highest BCUT2D eigenvalue weighted by Crippen LogP contribution is 2.30. The molecule has 0 aromatic carbocycles. The molecule has 0 atom stereocenters. The quantitative estimate of drug-likeness (QED) is 0.500. The summed E-state index contributed by atoms with van der Waals surface area (Å²) in [6.45, 7) is 14.6. The van der Waals surface area contributed by atoms with Crippen LogP contribution in [-0.2, 0) is 4.43 Å². The average molecular weight is 190 g/mol. The smallest absolute Gasteiger partial charge is 0.230 e. The van der Waals surface area contributed by atoms with Crippen LogP contribution in [0.2, 0.25) is 13.1 Å². The van der Waals surface area contributed by atoms with E-state index in [9.17, 15) is 0 Å². The number of thioether (sulfide) groups is 1. The summed E-state index contributed by atoms with van der Waals surface area (Å²) in [5.41, 5.74) is 0. The fourth-order valence-corrected chi connectivity index (χ4v) is 2.61. The third-order valence-electron chi connectivity index (χ3n) is 0.787. The summed E-state index contributed by atoms with van der Waals surface area (Å²) in [6.07, 6.45) is 0. The summed E-state index contributed by atoms with van der Waals surface area (Å²) in [5.74, 6) is 0. The molecule has 0 saturated heterocycles. The fraction of sp³-hybridized carbons (Fsp3) is 0.750. The Hall–Kier alpha value is 0.107. The number of hydrogen-bond acceptors (Lipinski definition) is 2. The SMILES string of the molecule is C=C(O[SiH](C)C)SC(C)(C)C. The van der Waals surface area contributed by atoms with E-state index in [4.69, 9.17) is 4.43 Å². The number of rotatable bonds is 3. The zero-order chi connectivity index (χ0) is 9.07. The van der Waals surface area contributed by atoms with E-state index in [1.54, 1.807) is 11.8 Å². The first-order chi connectivity index (χ1) is 4.81. The molecule has 0 radical (unpaired) electrons. The van der Waals surface area contributed by atoms with Gasteiger partial charge in [0.25, 0.3) is 0 Å². The summed E-state index contributed by atoms with van der Waals surface area (Å²) in [7, 11) is -0.938. The van der Waals surface area contributed by atoms with Crippen molar-refractivity contribution in [2.75, 3.05) is 0 Å². The maximum absolute atomic E-state index is 5.53. The fourth-order valence-electron chi connectivity index (χ4n) is 0.628. The third-order valence-corrected chi connectivity index (χ3v) is 2.65. The van der Waals surface area contributed by atoms with Crippen LogP contribution in [0, 0.1) is 0 Å². The van der Waals surface area contributed by atoms with Gasteiger partial charge in [-0.1, -0.05) is 39.1 Å². The minimum absolute atomic E-state index is 0.223. The van der Waals surface area contributed by atoms with E-state index in [0.29, 0.717) is 0 Å². The Kier molecular flexibility index (Phi) is 4.25. The molecule has 0 aromatic heterocycles. The van der Waals surface area contributed by atoms with E-state index in [2.05, 4.69) is 40.4 Å². The van der Waals surface area contributed by atoms with Gasteiger partial charge in [-0.05, 0) is 13.1 Å². The highest BCUT2D eigenvalue weighted by molar-refractivity contribution is 8.04. The molecule has 0 aliphatic carbocycles. The average Bonchev–Trinajstić information content (AvgIpc) is 1.53.